The van der Waals surface area contributed by atoms with Gasteiger partial charge in [-0.1, -0.05) is 67.6 Å². The van der Waals surface area contributed by atoms with Crippen molar-refractivity contribution in [1.82, 2.24) is 0 Å². The largest absolute Gasteiger partial charge is 0.385 e. The number of hydrogen-bond donors (Lipinski definition) is 1. The summed E-state index contributed by atoms with van der Waals surface area (Å²) in [5.74, 6) is -1.76. The van der Waals surface area contributed by atoms with E-state index < -0.39 is 17.2 Å². The number of hydrogen-bond acceptors (Lipinski definition) is 1. The predicted octanol–water partition coefficient (Wildman–Crippen LogP) is 7.11. The Labute approximate surface area is 178 Å². The summed E-state index contributed by atoms with van der Waals surface area (Å²) >= 11 is 3.00. The lowest BCUT2D eigenvalue weighted by molar-refractivity contribution is -0.0188. The van der Waals surface area contributed by atoms with Crippen molar-refractivity contribution in [3.63, 3.8) is 0 Å². The van der Waals surface area contributed by atoms with Crippen LogP contribution >= 0.6 is 15.9 Å². The molecule has 1 nitrogen and oxygen atoms in total. The fraction of sp³-hybridized carbons (Fsp3) is 0.280. The minimum atomic E-state index is -0.893. The Kier molecular flexibility index (Phi) is 5.34. The lowest BCUT2D eigenvalue weighted by Gasteiger charge is -2.43. The van der Waals surface area contributed by atoms with Gasteiger partial charge in [0.2, 0.25) is 0 Å². The molecule has 0 bridgehead atoms. The molecule has 0 radical (unpaired) electrons. The van der Waals surface area contributed by atoms with Gasteiger partial charge in [0.05, 0.1) is 10.1 Å². The van der Waals surface area contributed by atoms with Crippen LogP contribution in [0.15, 0.2) is 71.2 Å². The van der Waals surface area contributed by atoms with Crippen LogP contribution in [0, 0.1) is 11.6 Å². The van der Waals surface area contributed by atoms with Crippen LogP contribution in [0.1, 0.15) is 43.7 Å². The molecule has 1 saturated carbocycles. The molecular formula is C25H23BrF2O. The van der Waals surface area contributed by atoms with E-state index in [0.717, 1.165) is 18.4 Å². The van der Waals surface area contributed by atoms with Crippen molar-refractivity contribution in [2.24, 2.45) is 0 Å². The summed E-state index contributed by atoms with van der Waals surface area (Å²) in [4.78, 5) is 0. The molecule has 1 aliphatic rings. The number of aliphatic hydroxyl groups is 1. The molecule has 3 aromatic rings. The van der Waals surface area contributed by atoms with E-state index in [1.54, 1.807) is 18.2 Å². The molecule has 0 amide bonds. The van der Waals surface area contributed by atoms with Gasteiger partial charge in [-0.25, -0.2) is 8.78 Å². The zero-order valence-corrected chi connectivity index (χ0v) is 17.8. The van der Waals surface area contributed by atoms with Crippen LogP contribution in [-0.4, -0.2) is 5.11 Å². The van der Waals surface area contributed by atoms with E-state index in [2.05, 4.69) is 47.1 Å². The molecule has 0 saturated heterocycles. The Morgan fingerprint density at radius 3 is 2.00 bits per heavy atom. The van der Waals surface area contributed by atoms with Crippen LogP contribution < -0.4 is 0 Å². The molecule has 0 unspecified atom stereocenters. The van der Waals surface area contributed by atoms with Gasteiger partial charge in [0.25, 0.3) is 0 Å². The highest BCUT2D eigenvalue weighted by Gasteiger charge is 2.40. The Morgan fingerprint density at radius 2 is 1.38 bits per heavy atom. The van der Waals surface area contributed by atoms with Gasteiger partial charge < -0.3 is 5.11 Å². The molecule has 1 aliphatic carbocycles. The van der Waals surface area contributed by atoms with E-state index in [9.17, 15) is 13.9 Å². The summed E-state index contributed by atoms with van der Waals surface area (Å²) in [6.07, 6.45) is 3.11. The standard InChI is InChI=1S/C25H23BrF2O/c1-24(18-5-3-2-4-6-18)13-15-25(29,16-14-24)19-9-7-17(8-10-19)20-11-12-21(26)23(28)22(20)27/h2-12,29H,13-16H2,1H3. The zero-order chi connectivity index (χ0) is 20.6. The maximum Gasteiger partial charge on any atom is 0.173 e. The fourth-order valence-corrected chi connectivity index (χ4v) is 4.65. The first-order chi connectivity index (χ1) is 13.8. The molecule has 1 N–H and O–H groups in total. The Bertz CT molecular complexity index is 1010. The van der Waals surface area contributed by atoms with E-state index in [-0.39, 0.29) is 15.5 Å². The lowest BCUT2D eigenvalue weighted by Crippen LogP contribution is -2.38. The van der Waals surface area contributed by atoms with Crippen molar-refractivity contribution in [2.75, 3.05) is 0 Å². The van der Waals surface area contributed by atoms with Crippen molar-refractivity contribution in [3.05, 3.63) is 94.0 Å². The van der Waals surface area contributed by atoms with E-state index in [4.69, 9.17) is 0 Å². The van der Waals surface area contributed by atoms with E-state index in [0.29, 0.717) is 18.4 Å². The van der Waals surface area contributed by atoms with Gasteiger partial charge in [-0.05, 0) is 69.8 Å². The van der Waals surface area contributed by atoms with Gasteiger partial charge in [-0.15, -0.1) is 0 Å². The molecule has 4 heteroatoms. The average Bonchev–Trinajstić information content (AvgIpc) is 2.75. The molecular weight excluding hydrogens is 434 g/mol. The minimum absolute atomic E-state index is 0.0610. The first-order valence-electron chi connectivity index (χ1n) is 9.85. The average molecular weight is 457 g/mol. The maximum absolute atomic E-state index is 14.3. The summed E-state index contributed by atoms with van der Waals surface area (Å²) in [5, 5.41) is 11.3. The zero-order valence-electron chi connectivity index (χ0n) is 16.3. The second-order valence-corrected chi connectivity index (χ2v) is 9.11. The first-order valence-corrected chi connectivity index (χ1v) is 10.6. The molecule has 0 spiro atoms. The van der Waals surface area contributed by atoms with Gasteiger partial charge in [-0.2, -0.15) is 0 Å². The highest BCUT2D eigenvalue weighted by atomic mass is 79.9. The van der Waals surface area contributed by atoms with Crippen molar-refractivity contribution in [2.45, 2.75) is 43.6 Å². The van der Waals surface area contributed by atoms with Crippen LogP contribution in [0.3, 0.4) is 0 Å². The Morgan fingerprint density at radius 1 is 0.759 bits per heavy atom. The summed E-state index contributed by atoms with van der Waals surface area (Å²) in [6, 6.07) is 20.7. The second kappa shape index (κ2) is 7.66. The number of rotatable bonds is 3. The molecule has 3 aromatic carbocycles. The van der Waals surface area contributed by atoms with E-state index in [1.807, 2.05) is 18.2 Å². The predicted molar refractivity (Wildman–Crippen MR) is 116 cm³/mol. The maximum atomic E-state index is 14.3. The molecule has 0 atom stereocenters. The molecule has 4 rings (SSSR count). The SMILES string of the molecule is CC1(c2ccccc2)CCC(O)(c2ccc(-c3ccc(Br)c(F)c3F)cc2)CC1. The molecule has 1 fully saturated rings. The topological polar surface area (TPSA) is 20.2 Å². The van der Waals surface area contributed by atoms with Crippen LogP contribution in [0.5, 0.6) is 0 Å². The summed E-state index contributed by atoms with van der Waals surface area (Å²) < 4.78 is 28.2. The van der Waals surface area contributed by atoms with Gasteiger partial charge in [0.1, 0.15) is 0 Å². The number of benzene rings is 3. The van der Waals surface area contributed by atoms with E-state index >= 15 is 0 Å². The Balaban J connectivity index is 1.55. The number of halogens is 3. The highest BCUT2D eigenvalue weighted by molar-refractivity contribution is 9.10. The molecule has 0 aliphatic heterocycles. The molecule has 29 heavy (non-hydrogen) atoms. The normalized spacial score (nSPS) is 24.4. The third kappa shape index (κ3) is 3.76. The third-order valence-electron chi connectivity index (χ3n) is 6.42. The molecule has 0 heterocycles. The molecule has 150 valence electrons. The highest BCUT2D eigenvalue weighted by Crippen LogP contribution is 2.47. The van der Waals surface area contributed by atoms with E-state index in [1.165, 1.54) is 11.6 Å². The summed E-state index contributed by atoms with van der Waals surface area (Å²) in [5.41, 5.74) is 2.11. The monoisotopic (exact) mass is 456 g/mol. The summed E-state index contributed by atoms with van der Waals surface area (Å²) in [7, 11) is 0. The minimum Gasteiger partial charge on any atom is -0.385 e. The van der Waals surface area contributed by atoms with Crippen molar-refractivity contribution in [3.8, 4) is 11.1 Å². The molecule has 0 aromatic heterocycles. The van der Waals surface area contributed by atoms with Crippen molar-refractivity contribution < 1.29 is 13.9 Å². The van der Waals surface area contributed by atoms with Crippen LogP contribution in [0.4, 0.5) is 8.78 Å². The Hall–Kier alpha value is -2.04. The quantitative estimate of drug-likeness (QED) is 0.416. The van der Waals surface area contributed by atoms with Crippen LogP contribution in [0.25, 0.3) is 11.1 Å². The lowest BCUT2D eigenvalue weighted by atomic mass is 9.65. The van der Waals surface area contributed by atoms with Gasteiger partial charge >= 0.3 is 0 Å². The second-order valence-electron chi connectivity index (χ2n) is 8.26. The van der Waals surface area contributed by atoms with Gasteiger partial charge in [0, 0.05) is 5.56 Å². The first kappa shape index (κ1) is 20.2. The van der Waals surface area contributed by atoms with Gasteiger partial charge in [0.15, 0.2) is 11.6 Å². The van der Waals surface area contributed by atoms with Crippen molar-refractivity contribution >= 4 is 15.9 Å². The van der Waals surface area contributed by atoms with Crippen LogP contribution in [0.2, 0.25) is 0 Å². The van der Waals surface area contributed by atoms with Gasteiger partial charge in [-0.3, -0.25) is 0 Å². The third-order valence-corrected chi connectivity index (χ3v) is 7.03. The van der Waals surface area contributed by atoms with Crippen LogP contribution in [-0.2, 0) is 11.0 Å². The smallest absolute Gasteiger partial charge is 0.173 e. The summed E-state index contributed by atoms with van der Waals surface area (Å²) in [6.45, 7) is 2.26. The fourth-order valence-electron chi connectivity index (χ4n) is 4.34. The van der Waals surface area contributed by atoms with Crippen molar-refractivity contribution in [1.29, 1.82) is 0 Å².